The first kappa shape index (κ1) is 8.16. The third-order valence-corrected chi connectivity index (χ3v) is 2.82. The first-order valence-corrected chi connectivity index (χ1v) is 3.64. The molecule has 0 fully saturated rings. The molecular weight excluding hydrogens is 159 g/mol. The summed E-state index contributed by atoms with van der Waals surface area (Å²) in [5, 5.41) is 0. The number of fused-ring (bicyclic) bond motifs is 2. The van der Waals surface area contributed by atoms with Gasteiger partial charge in [-0.1, -0.05) is 23.3 Å². The van der Waals surface area contributed by atoms with Gasteiger partial charge in [-0.3, -0.25) is 0 Å². The summed E-state index contributed by atoms with van der Waals surface area (Å²) in [6, 6.07) is 0. The number of rotatable bonds is 0. The summed E-state index contributed by atoms with van der Waals surface area (Å²) in [6.07, 6.45) is 6.08. The smallest absolute Gasteiger partial charge is 0 e. The predicted molar refractivity (Wildman–Crippen MR) is 39.1 cm³/mol. The molecule has 0 spiro atoms. The van der Waals surface area contributed by atoms with Crippen LogP contribution in [0.1, 0.15) is 20.3 Å². The van der Waals surface area contributed by atoms with Crippen LogP contribution in [0.15, 0.2) is 23.3 Å². The van der Waals surface area contributed by atoms with Crippen LogP contribution in [0.4, 0.5) is 0 Å². The minimum absolute atomic E-state index is 0. The third-order valence-electron chi connectivity index (χ3n) is 2.82. The average Bonchev–Trinajstić information content (AvgIpc) is 2.37. The molecule has 2 aliphatic carbocycles. The molecule has 1 heteroatoms. The fourth-order valence-corrected chi connectivity index (χ4v) is 1.93. The largest absolute Gasteiger partial charge is 0.0807 e. The van der Waals surface area contributed by atoms with Gasteiger partial charge in [0, 0.05) is 18.6 Å². The molecule has 0 nitrogen and oxygen atoms in total. The van der Waals surface area contributed by atoms with Gasteiger partial charge in [-0.15, -0.1) is 0 Å². The Balaban J connectivity index is 0.000000500. The van der Waals surface area contributed by atoms with Crippen molar-refractivity contribution < 1.29 is 18.6 Å². The molecule has 2 rings (SSSR count). The van der Waals surface area contributed by atoms with E-state index in [0.29, 0.717) is 0 Å². The molecule has 2 unspecified atom stereocenters. The predicted octanol–water partition coefficient (Wildman–Crippen LogP) is 2.53. The van der Waals surface area contributed by atoms with Crippen LogP contribution in [0, 0.1) is 11.8 Å². The second-order valence-electron chi connectivity index (χ2n) is 3.20. The van der Waals surface area contributed by atoms with Crippen LogP contribution in [0.25, 0.3) is 0 Å². The minimum Gasteiger partial charge on any atom is -0.0807 e. The van der Waals surface area contributed by atoms with Crippen LogP contribution in [0.5, 0.6) is 0 Å². The van der Waals surface area contributed by atoms with E-state index in [1.165, 1.54) is 6.42 Å². The molecule has 0 aromatic carbocycles. The normalized spacial score (nSPS) is 35.0. The molecule has 0 saturated carbocycles. The van der Waals surface area contributed by atoms with Crippen molar-refractivity contribution >= 4 is 0 Å². The second-order valence-corrected chi connectivity index (χ2v) is 3.20. The van der Waals surface area contributed by atoms with Crippen molar-refractivity contribution in [1.29, 1.82) is 0 Å². The molecule has 0 aliphatic heterocycles. The molecule has 0 aromatic rings. The maximum atomic E-state index is 2.35. The van der Waals surface area contributed by atoms with E-state index in [-0.39, 0.29) is 18.6 Å². The van der Waals surface area contributed by atoms with Gasteiger partial charge in [0.1, 0.15) is 0 Å². The fraction of sp³-hybridized carbons (Fsp3) is 0.556. The van der Waals surface area contributed by atoms with Gasteiger partial charge < -0.3 is 0 Å². The zero-order chi connectivity index (χ0) is 6.43. The van der Waals surface area contributed by atoms with Gasteiger partial charge in [0.2, 0.25) is 0 Å². The Morgan fingerprint density at radius 2 is 1.50 bits per heavy atom. The van der Waals surface area contributed by atoms with E-state index >= 15 is 0 Å². The fourth-order valence-electron chi connectivity index (χ4n) is 1.93. The molecule has 2 bridgehead atoms. The maximum Gasteiger partial charge on any atom is 0 e. The summed E-state index contributed by atoms with van der Waals surface area (Å²) >= 11 is 0. The van der Waals surface area contributed by atoms with Gasteiger partial charge in [0.05, 0.1) is 0 Å². The number of allylic oxidation sites excluding steroid dienone is 4. The van der Waals surface area contributed by atoms with Crippen molar-refractivity contribution in [3.63, 3.8) is 0 Å². The van der Waals surface area contributed by atoms with Crippen molar-refractivity contribution in [3.05, 3.63) is 23.3 Å². The summed E-state index contributed by atoms with van der Waals surface area (Å²) < 4.78 is 0. The van der Waals surface area contributed by atoms with Crippen LogP contribution >= 0.6 is 0 Å². The molecular formula is C9H12V. The molecule has 2 aliphatic rings. The molecule has 0 aromatic heterocycles. The van der Waals surface area contributed by atoms with Crippen LogP contribution in [0.3, 0.4) is 0 Å². The zero-order valence-corrected chi connectivity index (χ0v) is 7.86. The first-order chi connectivity index (χ1) is 4.29. The van der Waals surface area contributed by atoms with E-state index < -0.39 is 0 Å². The summed E-state index contributed by atoms with van der Waals surface area (Å²) in [5.41, 5.74) is 3.25. The Kier molecular flexibility index (Phi) is 2.12. The molecule has 0 heterocycles. The molecule has 0 saturated heterocycles. The van der Waals surface area contributed by atoms with Crippen molar-refractivity contribution in [1.82, 2.24) is 0 Å². The van der Waals surface area contributed by atoms with Gasteiger partial charge >= 0.3 is 0 Å². The Hall–Kier alpha value is 0.0644. The summed E-state index contributed by atoms with van der Waals surface area (Å²) in [4.78, 5) is 0. The topological polar surface area (TPSA) is 0 Å². The third kappa shape index (κ3) is 0.907. The minimum atomic E-state index is 0. The molecule has 0 N–H and O–H groups in total. The maximum absolute atomic E-state index is 2.35. The second kappa shape index (κ2) is 2.60. The summed E-state index contributed by atoms with van der Waals surface area (Å²) in [7, 11) is 0. The van der Waals surface area contributed by atoms with E-state index in [0.717, 1.165) is 11.8 Å². The van der Waals surface area contributed by atoms with Crippen molar-refractivity contribution in [2.45, 2.75) is 20.3 Å². The van der Waals surface area contributed by atoms with E-state index in [4.69, 9.17) is 0 Å². The van der Waals surface area contributed by atoms with Gasteiger partial charge in [-0.05, 0) is 32.1 Å². The quantitative estimate of drug-likeness (QED) is 0.491. The van der Waals surface area contributed by atoms with Gasteiger partial charge in [0.15, 0.2) is 0 Å². The van der Waals surface area contributed by atoms with Crippen molar-refractivity contribution in [2.75, 3.05) is 0 Å². The van der Waals surface area contributed by atoms with Crippen molar-refractivity contribution in [2.24, 2.45) is 11.8 Å². The van der Waals surface area contributed by atoms with Crippen molar-refractivity contribution in [3.8, 4) is 0 Å². The Bertz CT molecular complexity index is 181. The van der Waals surface area contributed by atoms with E-state index in [9.17, 15) is 0 Å². The van der Waals surface area contributed by atoms with Gasteiger partial charge in [-0.25, -0.2) is 0 Å². The number of hydrogen-bond donors (Lipinski definition) is 0. The SMILES string of the molecule is CC1=C(C)C2C=CC1C2.[V]. The Morgan fingerprint density at radius 3 is 1.70 bits per heavy atom. The summed E-state index contributed by atoms with van der Waals surface area (Å²) in [5.74, 6) is 1.63. The van der Waals surface area contributed by atoms with Crippen LogP contribution in [-0.4, -0.2) is 0 Å². The molecule has 0 amide bonds. The Labute approximate surface area is 74.3 Å². The molecule has 53 valence electrons. The van der Waals surface area contributed by atoms with Crippen LogP contribution in [-0.2, 0) is 18.6 Å². The van der Waals surface area contributed by atoms with E-state index in [1.54, 1.807) is 11.1 Å². The standard InChI is InChI=1S/C9H12.V/c1-6-7(2)9-4-3-8(6)5-9;/h3-4,8-9H,5H2,1-2H3;. The monoisotopic (exact) mass is 171 g/mol. The Morgan fingerprint density at radius 1 is 1.10 bits per heavy atom. The van der Waals surface area contributed by atoms with E-state index in [2.05, 4.69) is 26.0 Å². The van der Waals surface area contributed by atoms with Crippen LogP contribution < -0.4 is 0 Å². The van der Waals surface area contributed by atoms with E-state index in [1.807, 2.05) is 0 Å². The molecule has 10 heavy (non-hydrogen) atoms. The van der Waals surface area contributed by atoms with Crippen LogP contribution in [0.2, 0.25) is 0 Å². The average molecular weight is 171 g/mol. The number of hydrogen-bond acceptors (Lipinski definition) is 0. The zero-order valence-electron chi connectivity index (χ0n) is 6.46. The summed E-state index contributed by atoms with van der Waals surface area (Å²) in [6.45, 7) is 4.53. The molecule has 2 atom stereocenters. The van der Waals surface area contributed by atoms with Gasteiger partial charge in [-0.2, -0.15) is 0 Å². The first-order valence-electron chi connectivity index (χ1n) is 3.64. The molecule has 1 radical (unpaired) electrons. The van der Waals surface area contributed by atoms with Gasteiger partial charge in [0.25, 0.3) is 0 Å².